The van der Waals surface area contributed by atoms with Crippen molar-refractivity contribution in [2.75, 3.05) is 0 Å². The topological polar surface area (TPSA) is 63.1 Å². The first-order valence-electron chi connectivity index (χ1n) is 9.79. The van der Waals surface area contributed by atoms with Gasteiger partial charge in [0.15, 0.2) is 5.78 Å². The Kier molecular flexibility index (Phi) is 9.68. The number of hydrogen-bond donors (Lipinski definition) is 1. The molecule has 0 spiro atoms. The summed E-state index contributed by atoms with van der Waals surface area (Å²) < 4.78 is 0. The van der Waals surface area contributed by atoms with Crippen LogP contribution in [-0.4, -0.2) is 20.9 Å². The summed E-state index contributed by atoms with van der Waals surface area (Å²) in [6, 6.07) is 32.4. The summed E-state index contributed by atoms with van der Waals surface area (Å²) in [5, 5.41) is 8.36. The molecule has 163 valence electrons. The standard InChI is InChI=1S/C22H14N2.C5H8O2.Ir/c1-2-8-17(9-3-1)21-13-7-14-22(24-21)19-11-6-10-18(16-19)20-12-4-5-15-23-20;1-4(6)3-5(2)7;/h1-8,10-15H;3,6H,1-2H3;/q-2;;/b;4-3-;. The third kappa shape index (κ3) is 7.38. The van der Waals surface area contributed by atoms with Crippen LogP contribution < -0.4 is 0 Å². The zero-order chi connectivity index (χ0) is 22.1. The van der Waals surface area contributed by atoms with E-state index >= 15 is 0 Å². The van der Waals surface area contributed by atoms with Crippen LogP contribution in [0.25, 0.3) is 33.8 Å². The minimum atomic E-state index is -0.125. The normalized spacial score (nSPS) is 10.4. The smallest absolute Gasteiger partial charge is 0.155 e. The van der Waals surface area contributed by atoms with Crippen LogP contribution >= 0.6 is 0 Å². The van der Waals surface area contributed by atoms with Crippen molar-refractivity contribution in [3.05, 3.63) is 109 Å². The molecule has 0 amide bonds. The minimum absolute atomic E-state index is 0. The molecule has 0 saturated heterocycles. The monoisotopic (exact) mass is 599 g/mol. The Hall–Kier alpha value is -3.40. The molecule has 4 aromatic rings. The van der Waals surface area contributed by atoms with Gasteiger partial charge in [0.05, 0.1) is 5.76 Å². The summed E-state index contributed by atoms with van der Waals surface area (Å²) in [5.41, 5.74) is 5.61. The number of aliphatic hydroxyl groups excluding tert-OH is 1. The molecule has 0 aliphatic rings. The molecular weight excluding hydrogens is 577 g/mol. The van der Waals surface area contributed by atoms with E-state index in [4.69, 9.17) is 10.1 Å². The molecule has 0 saturated carbocycles. The fourth-order valence-corrected chi connectivity index (χ4v) is 2.87. The Morgan fingerprint density at radius 1 is 0.812 bits per heavy atom. The van der Waals surface area contributed by atoms with E-state index in [2.05, 4.69) is 17.1 Å². The fourth-order valence-electron chi connectivity index (χ4n) is 2.87. The summed E-state index contributed by atoms with van der Waals surface area (Å²) in [5.74, 6) is -0.0625. The zero-order valence-corrected chi connectivity index (χ0v) is 20.1. The predicted octanol–water partition coefficient (Wildman–Crippen LogP) is 6.11. The van der Waals surface area contributed by atoms with E-state index in [1.807, 2.05) is 78.9 Å². The van der Waals surface area contributed by atoms with Crippen molar-refractivity contribution < 1.29 is 30.0 Å². The Morgan fingerprint density at radius 3 is 1.97 bits per heavy atom. The molecule has 32 heavy (non-hydrogen) atoms. The van der Waals surface area contributed by atoms with E-state index in [0.717, 1.165) is 33.8 Å². The van der Waals surface area contributed by atoms with Gasteiger partial charge < -0.3 is 10.1 Å². The largest absolute Gasteiger partial charge is 0.512 e. The van der Waals surface area contributed by atoms with Gasteiger partial charge in [-0.05, 0) is 31.3 Å². The first-order valence-corrected chi connectivity index (χ1v) is 9.79. The van der Waals surface area contributed by atoms with Crippen LogP contribution in [0, 0.1) is 12.1 Å². The summed E-state index contributed by atoms with van der Waals surface area (Å²) in [6.07, 6.45) is 2.96. The van der Waals surface area contributed by atoms with Crippen molar-refractivity contribution in [2.45, 2.75) is 13.8 Å². The van der Waals surface area contributed by atoms with Gasteiger partial charge in [0.1, 0.15) is 0 Å². The number of carbonyl (C=O) groups is 1. The summed E-state index contributed by atoms with van der Waals surface area (Å²) in [6.45, 7) is 2.85. The Labute approximate surface area is 202 Å². The van der Waals surface area contributed by atoms with Crippen molar-refractivity contribution in [3.8, 4) is 33.8 Å². The summed E-state index contributed by atoms with van der Waals surface area (Å²) >= 11 is 0. The van der Waals surface area contributed by atoms with Gasteiger partial charge in [-0.3, -0.25) is 9.78 Å². The number of rotatable bonds is 4. The van der Waals surface area contributed by atoms with E-state index in [9.17, 15) is 4.79 Å². The Balaban J connectivity index is 0.000000398. The van der Waals surface area contributed by atoms with Gasteiger partial charge in [-0.2, -0.15) is 0 Å². The maximum Gasteiger partial charge on any atom is 0.155 e. The van der Waals surface area contributed by atoms with Gasteiger partial charge in [0.25, 0.3) is 0 Å². The number of hydrogen-bond acceptors (Lipinski definition) is 4. The first-order chi connectivity index (χ1) is 15.0. The molecule has 0 bridgehead atoms. The molecule has 0 aliphatic heterocycles. The van der Waals surface area contributed by atoms with E-state index < -0.39 is 0 Å². The van der Waals surface area contributed by atoms with Crippen LogP contribution in [-0.2, 0) is 24.9 Å². The number of nitrogens with zero attached hydrogens (tertiary/aromatic N) is 2. The van der Waals surface area contributed by atoms with Gasteiger partial charge in [-0.25, -0.2) is 0 Å². The molecule has 4 rings (SSSR count). The molecule has 2 heterocycles. The van der Waals surface area contributed by atoms with Gasteiger partial charge in [0, 0.05) is 38.1 Å². The van der Waals surface area contributed by atoms with Crippen LogP contribution in [0.5, 0.6) is 0 Å². The second-order valence-corrected chi connectivity index (χ2v) is 6.77. The van der Waals surface area contributed by atoms with E-state index in [1.165, 1.54) is 19.9 Å². The van der Waals surface area contributed by atoms with Crippen LogP contribution in [0.3, 0.4) is 0 Å². The predicted molar refractivity (Wildman–Crippen MR) is 123 cm³/mol. The maximum atomic E-state index is 10.0. The number of ketones is 1. The van der Waals surface area contributed by atoms with Crippen LogP contribution in [0.15, 0.2) is 96.9 Å². The Bertz CT molecular complexity index is 1090. The first kappa shape index (κ1) is 24.9. The fraction of sp³-hybridized carbons (Fsp3) is 0.0741. The van der Waals surface area contributed by atoms with Gasteiger partial charge in [-0.1, -0.05) is 41.5 Å². The number of allylic oxidation sites excluding steroid dienone is 2. The molecular formula is C27H22IrN2O2-2. The van der Waals surface area contributed by atoms with E-state index in [-0.39, 0.29) is 31.6 Å². The van der Waals surface area contributed by atoms with Crippen LogP contribution in [0.1, 0.15) is 13.8 Å². The molecule has 2 aromatic carbocycles. The van der Waals surface area contributed by atoms with Crippen molar-refractivity contribution in [1.29, 1.82) is 0 Å². The maximum absolute atomic E-state index is 10.0. The average molecular weight is 599 g/mol. The molecule has 4 nitrogen and oxygen atoms in total. The van der Waals surface area contributed by atoms with Crippen molar-refractivity contribution in [3.63, 3.8) is 0 Å². The zero-order valence-electron chi connectivity index (χ0n) is 17.7. The van der Waals surface area contributed by atoms with E-state index in [0.29, 0.717) is 0 Å². The molecule has 1 N–H and O–H groups in total. The van der Waals surface area contributed by atoms with Crippen molar-refractivity contribution >= 4 is 5.78 Å². The second kappa shape index (κ2) is 12.5. The number of pyridine rings is 2. The summed E-state index contributed by atoms with van der Waals surface area (Å²) in [7, 11) is 0. The quantitative estimate of drug-likeness (QED) is 0.175. The molecule has 1 radical (unpaired) electrons. The van der Waals surface area contributed by atoms with E-state index in [1.54, 1.807) is 6.20 Å². The SMILES string of the molecule is CC(=O)/C=C(/C)O.[Ir].[c-]1ccccc1-c1cccc(-c2[c-]c(-c3ccccn3)ccc2)n1. The van der Waals surface area contributed by atoms with Crippen LogP contribution in [0.4, 0.5) is 0 Å². The minimum Gasteiger partial charge on any atom is -0.512 e. The van der Waals surface area contributed by atoms with Gasteiger partial charge in [0.2, 0.25) is 0 Å². The number of carbonyl (C=O) groups excluding carboxylic acids is 1. The second-order valence-electron chi connectivity index (χ2n) is 6.77. The van der Waals surface area contributed by atoms with Crippen molar-refractivity contribution in [1.82, 2.24) is 9.97 Å². The average Bonchev–Trinajstić information content (AvgIpc) is 2.80. The molecule has 5 heteroatoms. The number of benzene rings is 2. The summed E-state index contributed by atoms with van der Waals surface area (Å²) in [4.78, 5) is 19.2. The third-order valence-corrected chi connectivity index (χ3v) is 4.16. The number of aromatic nitrogens is 2. The molecule has 0 atom stereocenters. The molecule has 0 aliphatic carbocycles. The molecule has 2 aromatic heterocycles. The van der Waals surface area contributed by atoms with Gasteiger partial charge >= 0.3 is 0 Å². The molecule has 0 fully saturated rings. The number of aliphatic hydroxyl groups is 1. The van der Waals surface area contributed by atoms with Gasteiger partial charge in [-0.15, -0.1) is 60.2 Å². The Morgan fingerprint density at radius 2 is 1.41 bits per heavy atom. The van der Waals surface area contributed by atoms with Crippen molar-refractivity contribution in [2.24, 2.45) is 0 Å². The van der Waals surface area contributed by atoms with Crippen LogP contribution in [0.2, 0.25) is 0 Å². The third-order valence-electron chi connectivity index (χ3n) is 4.16. The molecule has 0 unspecified atom stereocenters.